The topological polar surface area (TPSA) is 66.5 Å². The van der Waals surface area contributed by atoms with Crippen molar-refractivity contribution in [2.75, 3.05) is 13.6 Å². The summed E-state index contributed by atoms with van der Waals surface area (Å²) < 4.78 is 26.2. The number of carbonyl (C=O) groups excluding carboxylic acids is 1. The number of hydrogen-bond acceptors (Lipinski definition) is 3. The molecule has 2 aromatic carbocycles. The first kappa shape index (κ1) is 19.1. The molecule has 6 heteroatoms. The zero-order valence-electron chi connectivity index (χ0n) is 14.8. The summed E-state index contributed by atoms with van der Waals surface area (Å²) in [5.74, 6) is -0.325. The Morgan fingerprint density at radius 2 is 1.68 bits per heavy atom. The Labute approximate surface area is 149 Å². The van der Waals surface area contributed by atoms with Crippen LogP contribution in [0.3, 0.4) is 0 Å². The fourth-order valence-corrected chi connectivity index (χ4v) is 3.65. The molecule has 0 aliphatic carbocycles. The standard InChI is InChI=1S/C19H24N2O3S/c1-4-18(16-8-6-5-7-9-16)20-19(22)14-21(3)25(23,24)17-12-10-15(2)11-13-17/h5-13,18H,4,14H2,1-3H3,(H,20,22)/t18-/m1/s1. The Bertz CT molecular complexity index is 802. The quantitative estimate of drug-likeness (QED) is 0.826. The smallest absolute Gasteiger partial charge is 0.243 e. The molecule has 25 heavy (non-hydrogen) atoms. The van der Waals surface area contributed by atoms with Gasteiger partial charge < -0.3 is 5.32 Å². The summed E-state index contributed by atoms with van der Waals surface area (Å²) in [6, 6.07) is 16.1. The Morgan fingerprint density at radius 1 is 1.08 bits per heavy atom. The summed E-state index contributed by atoms with van der Waals surface area (Å²) >= 11 is 0. The van der Waals surface area contributed by atoms with E-state index < -0.39 is 10.0 Å². The van der Waals surface area contributed by atoms with Crippen LogP contribution in [0.15, 0.2) is 59.5 Å². The molecule has 0 aliphatic rings. The number of carbonyl (C=O) groups is 1. The van der Waals surface area contributed by atoms with Crippen molar-refractivity contribution in [1.82, 2.24) is 9.62 Å². The maximum atomic E-state index is 12.6. The van der Waals surface area contributed by atoms with E-state index in [1.807, 2.05) is 44.2 Å². The van der Waals surface area contributed by atoms with Gasteiger partial charge in [-0.25, -0.2) is 8.42 Å². The summed E-state index contributed by atoms with van der Waals surface area (Å²) in [7, 11) is -2.27. The molecule has 1 N–H and O–H groups in total. The number of aryl methyl sites for hydroxylation is 1. The Hall–Kier alpha value is -2.18. The van der Waals surface area contributed by atoms with E-state index in [-0.39, 0.29) is 23.4 Å². The molecule has 2 rings (SSSR count). The summed E-state index contributed by atoms with van der Waals surface area (Å²) in [5, 5.41) is 2.90. The molecule has 0 heterocycles. The van der Waals surface area contributed by atoms with E-state index in [2.05, 4.69) is 5.32 Å². The number of sulfonamides is 1. The number of nitrogens with one attached hydrogen (secondary N) is 1. The molecule has 1 amide bonds. The van der Waals surface area contributed by atoms with Crippen LogP contribution in [0.5, 0.6) is 0 Å². The van der Waals surface area contributed by atoms with E-state index in [1.165, 1.54) is 7.05 Å². The average Bonchev–Trinajstić information content (AvgIpc) is 2.60. The van der Waals surface area contributed by atoms with E-state index in [9.17, 15) is 13.2 Å². The molecule has 0 unspecified atom stereocenters. The van der Waals surface area contributed by atoms with Gasteiger partial charge >= 0.3 is 0 Å². The molecule has 0 aromatic heterocycles. The second-order valence-corrected chi connectivity index (χ2v) is 8.06. The van der Waals surface area contributed by atoms with Crippen molar-refractivity contribution in [1.29, 1.82) is 0 Å². The van der Waals surface area contributed by atoms with Crippen molar-refractivity contribution in [2.45, 2.75) is 31.2 Å². The van der Waals surface area contributed by atoms with Crippen LogP contribution in [0.2, 0.25) is 0 Å². The van der Waals surface area contributed by atoms with Crippen LogP contribution in [0, 0.1) is 6.92 Å². The molecule has 0 fully saturated rings. The van der Waals surface area contributed by atoms with Crippen LogP contribution in [0.4, 0.5) is 0 Å². The number of hydrogen-bond donors (Lipinski definition) is 1. The van der Waals surface area contributed by atoms with E-state index >= 15 is 0 Å². The van der Waals surface area contributed by atoms with E-state index in [0.29, 0.717) is 0 Å². The summed E-state index contributed by atoms with van der Waals surface area (Å²) in [4.78, 5) is 12.5. The normalized spacial score (nSPS) is 12.8. The van der Waals surface area contributed by atoms with Gasteiger partial charge in [0.2, 0.25) is 15.9 Å². The lowest BCUT2D eigenvalue weighted by atomic mass is 10.0. The molecule has 1 atom stereocenters. The van der Waals surface area contributed by atoms with Gasteiger partial charge in [0.15, 0.2) is 0 Å². The molecule has 5 nitrogen and oxygen atoms in total. The lowest BCUT2D eigenvalue weighted by Crippen LogP contribution is -2.39. The molecular formula is C19H24N2O3S. The number of benzene rings is 2. The Morgan fingerprint density at radius 3 is 2.24 bits per heavy atom. The van der Waals surface area contributed by atoms with Gasteiger partial charge in [-0.2, -0.15) is 4.31 Å². The monoisotopic (exact) mass is 360 g/mol. The highest BCUT2D eigenvalue weighted by Crippen LogP contribution is 2.17. The van der Waals surface area contributed by atoms with Crippen LogP contribution in [0.25, 0.3) is 0 Å². The predicted molar refractivity (Wildman–Crippen MR) is 98.6 cm³/mol. The van der Waals surface area contributed by atoms with Gasteiger partial charge in [0.1, 0.15) is 0 Å². The first-order valence-electron chi connectivity index (χ1n) is 8.22. The number of rotatable bonds is 7. The predicted octanol–water partition coefficient (Wildman–Crippen LogP) is 2.88. The zero-order valence-corrected chi connectivity index (χ0v) is 15.6. The Balaban J connectivity index is 2.05. The molecule has 0 bridgehead atoms. The van der Waals surface area contributed by atoms with Crippen molar-refractivity contribution in [3.63, 3.8) is 0 Å². The second-order valence-electron chi connectivity index (χ2n) is 6.01. The highest BCUT2D eigenvalue weighted by molar-refractivity contribution is 7.89. The molecule has 0 saturated heterocycles. The van der Waals surface area contributed by atoms with Crippen molar-refractivity contribution in [2.24, 2.45) is 0 Å². The third kappa shape index (κ3) is 4.90. The van der Waals surface area contributed by atoms with Crippen molar-refractivity contribution >= 4 is 15.9 Å². The van der Waals surface area contributed by atoms with Gasteiger partial charge in [-0.15, -0.1) is 0 Å². The van der Waals surface area contributed by atoms with Crippen LogP contribution < -0.4 is 5.32 Å². The maximum Gasteiger partial charge on any atom is 0.243 e. The van der Waals surface area contributed by atoms with Crippen molar-refractivity contribution in [3.8, 4) is 0 Å². The van der Waals surface area contributed by atoms with Crippen LogP contribution in [-0.2, 0) is 14.8 Å². The lowest BCUT2D eigenvalue weighted by Gasteiger charge is -2.21. The van der Waals surface area contributed by atoms with Gasteiger partial charge in [0.05, 0.1) is 17.5 Å². The lowest BCUT2D eigenvalue weighted by molar-refractivity contribution is -0.121. The van der Waals surface area contributed by atoms with Gasteiger partial charge in [0.25, 0.3) is 0 Å². The van der Waals surface area contributed by atoms with Crippen molar-refractivity contribution in [3.05, 3.63) is 65.7 Å². The minimum atomic E-state index is -3.69. The minimum Gasteiger partial charge on any atom is -0.348 e. The first-order valence-corrected chi connectivity index (χ1v) is 9.66. The molecule has 134 valence electrons. The highest BCUT2D eigenvalue weighted by Gasteiger charge is 2.23. The average molecular weight is 360 g/mol. The zero-order chi connectivity index (χ0) is 18.4. The Kier molecular flexibility index (Phi) is 6.33. The number of amides is 1. The molecular weight excluding hydrogens is 336 g/mol. The number of likely N-dealkylation sites (N-methyl/N-ethyl adjacent to an activating group) is 1. The molecule has 0 radical (unpaired) electrons. The molecule has 0 saturated carbocycles. The minimum absolute atomic E-state index is 0.135. The largest absolute Gasteiger partial charge is 0.348 e. The maximum absolute atomic E-state index is 12.6. The van der Waals surface area contributed by atoms with E-state index in [4.69, 9.17) is 0 Å². The van der Waals surface area contributed by atoms with Gasteiger partial charge in [0, 0.05) is 7.05 Å². The highest BCUT2D eigenvalue weighted by atomic mass is 32.2. The van der Waals surface area contributed by atoms with Gasteiger partial charge in [-0.05, 0) is 31.0 Å². The van der Waals surface area contributed by atoms with Crippen LogP contribution >= 0.6 is 0 Å². The fourth-order valence-electron chi connectivity index (χ4n) is 2.52. The first-order chi connectivity index (χ1) is 11.8. The second kappa shape index (κ2) is 8.27. The summed E-state index contributed by atoms with van der Waals surface area (Å²) in [6.07, 6.45) is 0.726. The fraction of sp³-hybridized carbons (Fsp3) is 0.316. The molecule has 2 aromatic rings. The third-order valence-electron chi connectivity index (χ3n) is 4.04. The van der Waals surface area contributed by atoms with Crippen LogP contribution in [-0.4, -0.2) is 32.2 Å². The SMILES string of the molecule is CC[C@@H](NC(=O)CN(C)S(=O)(=O)c1ccc(C)cc1)c1ccccc1. The summed E-state index contributed by atoms with van der Waals surface area (Å²) in [5.41, 5.74) is 1.98. The summed E-state index contributed by atoms with van der Waals surface area (Å²) in [6.45, 7) is 3.65. The molecule has 0 aliphatic heterocycles. The van der Waals surface area contributed by atoms with Gasteiger partial charge in [-0.1, -0.05) is 55.0 Å². The molecule has 0 spiro atoms. The number of nitrogens with zero attached hydrogens (tertiary/aromatic N) is 1. The van der Waals surface area contributed by atoms with E-state index in [0.717, 1.165) is 21.9 Å². The van der Waals surface area contributed by atoms with Crippen LogP contribution in [0.1, 0.15) is 30.5 Å². The van der Waals surface area contributed by atoms with Crippen molar-refractivity contribution < 1.29 is 13.2 Å². The third-order valence-corrected chi connectivity index (χ3v) is 5.86. The van der Waals surface area contributed by atoms with E-state index in [1.54, 1.807) is 24.3 Å². The van der Waals surface area contributed by atoms with Gasteiger partial charge in [-0.3, -0.25) is 4.79 Å².